The number of aromatic nitrogens is 3. The molecule has 9 heteroatoms. The SMILES string of the molecule is COC(=O)c1ccc2cc(C(=N)c3c(N)ncnc3NCCO)[nH]c2c1. The molecule has 0 aliphatic heterocycles. The van der Waals surface area contributed by atoms with Crippen LogP contribution in [0.2, 0.25) is 0 Å². The lowest BCUT2D eigenvalue weighted by atomic mass is 10.1. The number of rotatable bonds is 6. The van der Waals surface area contributed by atoms with Crippen molar-refractivity contribution in [1.82, 2.24) is 15.0 Å². The molecule has 0 amide bonds. The van der Waals surface area contributed by atoms with Crippen molar-refractivity contribution in [1.29, 1.82) is 5.41 Å². The number of esters is 1. The van der Waals surface area contributed by atoms with Crippen LogP contribution in [0.15, 0.2) is 30.6 Å². The van der Waals surface area contributed by atoms with Crippen LogP contribution >= 0.6 is 0 Å². The van der Waals surface area contributed by atoms with Crippen molar-refractivity contribution in [2.75, 3.05) is 31.3 Å². The number of H-pyrrole nitrogens is 1. The van der Waals surface area contributed by atoms with Crippen LogP contribution in [-0.2, 0) is 4.74 Å². The predicted octanol–water partition coefficient (Wildman–Crippen LogP) is 1.15. The molecule has 0 saturated heterocycles. The maximum absolute atomic E-state index is 11.7. The Morgan fingerprint density at radius 1 is 1.38 bits per heavy atom. The van der Waals surface area contributed by atoms with Gasteiger partial charge in [-0.1, -0.05) is 6.07 Å². The summed E-state index contributed by atoms with van der Waals surface area (Å²) in [5.74, 6) is 0.0825. The Morgan fingerprint density at radius 2 is 2.19 bits per heavy atom. The van der Waals surface area contributed by atoms with Crippen LogP contribution in [0.1, 0.15) is 21.6 Å². The number of anilines is 2. The lowest BCUT2D eigenvalue weighted by molar-refractivity contribution is 0.0601. The zero-order valence-corrected chi connectivity index (χ0v) is 14.0. The van der Waals surface area contributed by atoms with E-state index in [0.29, 0.717) is 28.2 Å². The third-order valence-corrected chi connectivity index (χ3v) is 3.84. The number of hydrogen-bond donors (Lipinski definition) is 5. The largest absolute Gasteiger partial charge is 0.465 e. The molecule has 2 heterocycles. The Hall–Kier alpha value is -3.46. The minimum atomic E-state index is -0.436. The van der Waals surface area contributed by atoms with Crippen molar-refractivity contribution in [3.63, 3.8) is 0 Å². The first-order chi connectivity index (χ1) is 12.5. The number of aromatic amines is 1. The van der Waals surface area contributed by atoms with Crippen LogP contribution in [0.4, 0.5) is 11.6 Å². The van der Waals surface area contributed by atoms with Crippen LogP contribution in [-0.4, -0.2) is 52.0 Å². The Labute approximate surface area is 148 Å². The number of hydrogen-bond acceptors (Lipinski definition) is 8. The van der Waals surface area contributed by atoms with E-state index in [9.17, 15) is 4.79 Å². The smallest absolute Gasteiger partial charge is 0.337 e. The van der Waals surface area contributed by atoms with Gasteiger partial charge in [0, 0.05) is 17.4 Å². The third-order valence-electron chi connectivity index (χ3n) is 3.84. The summed E-state index contributed by atoms with van der Waals surface area (Å²) in [6.07, 6.45) is 1.29. The number of carbonyl (C=O) groups excluding carboxylic acids is 1. The van der Waals surface area contributed by atoms with Gasteiger partial charge < -0.3 is 25.9 Å². The predicted molar refractivity (Wildman–Crippen MR) is 97.6 cm³/mol. The van der Waals surface area contributed by atoms with Crippen LogP contribution in [0.25, 0.3) is 10.9 Å². The molecule has 0 atom stereocenters. The number of fused-ring (bicyclic) bond motifs is 1. The van der Waals surface area contributed by atoms with E-state index in [2.05, 4.69) is 20.3 Å². The summed E-state index contributed by atoms with van der Waals surface area (Å²) in [5.41, 5.74) is 7.96. The Morgan fingerprint density at radius 3 is 2.92 bits per heavy atom. The molecule has 3 aromatic rings. The Balaban J connectivity index is 2.01. The van der Waals surface area contributed by atoms with Crippen molar-refractivity contribution >= 4 is 34.2 Å². The van der Waals surface area contributed by atoms with Gasteiger partial charge in [0.15, 0.2) is 0 Å². The topological polar surface area (TPSA) is 150 Å². The van der Waals surface area contributed by atoms with E-state index in [-0.39, 0.29) is 24.7 Å². The lowest BCUT2D eigenvalue weighted by Gasteiger charge is -2.11. The maximum atomic E-state index is 11.7. The first-order valence-electron chi connectivity index (χ1n) is 7.80. The van der Waals surface area contributed by atoms with E-state index in [4.69, 9.17) is 21.0 Å². The zero-order valence-electron chi connectivity index (χ0n) is 14.0. The summed E-state index contributed by atoms with van der Waals surface area (Å²) in [4.78, 5) is 22.8. The van der Waals surface area contributed by atoms with Crippen molar-refractivity contribution in [3.8, 4) is 0 Å². The lowest BCUT2D eigenvalue weighted by Crippen LogP contribution is -2.15. The molecule has 3 rings (SSSR count). The van der Waals surface area contributed by atoms with Crippen molar-refractivity contribution < 1.29 is 14.6 Å². The molecule has 0 spiro atoms. The van der Waals surface area contributed by atoms with E-state index in [1.54, 1.807) is 24.3 Å². The number of carbonyl (C=O) groups is 1. The molecule has 0 aliphatic rings. The number of ether oxygens (including phenoxy) is 1. The van der Waals surface area contributed by atoms with Gasteiger partial charge in [-0.15, -0.1) is 0 Å². The summed E-state index contributed by atoms with van der Waals surface area (Å²) >= 11 is 0. The molecule has 0 bridgehead atoms. The molecule has 0 fully saturated rings. The van der Waals surface area contributed by atoms with Gasteiger partial charge in [-0.3, -0.25) is 5.41 Å². The minimum Gasteiger partial charge on any atom is -0.465 e. The summed E-state index contributed by atoms with van der Waals surface area (Å²) in [6, 6.07) is 6.86. The van der Waals surface area contributed by atoms with Gasteiger partial charge in [-0.25, -0.2) is 14.8 Å². The van der Waals surface area contributed by atoms with Gasteiger partial charge in [0.2, 0.25) is 0 Å². The van der Waals surface area contributed by atoms with Crippen LogP contribution in [0, 0.1) is 5.41 Å². The highest BCUT2D eigenvalue weighted by atomic mass is 16.5. The molecule has 0 unspecified atom stereocenters. The standard InChI is InChI=1S/C17H18N6O3/c1-26-17(25)10-3-2-9-6-12(23-11(9)7-10)14(18)13-15(19)21-8-22-16(13)20-4-5-24/h2-3,6-8,18,23-24H,4-5H2,1H3,(H3,19,20,21,22). The fraction of sp³-hybridized carbons (Fsp3) is 0.176. The molecule has 0 radical (unpaired) electrons. The average molecular weight is 354 g/mol. The van der Waals surface area contributed by atoms with Crippen LogP contribution in [0.5, 0.6) is 0 Å². The molecule has 9 nitrogen and oxygen atoms in total. The van der Waals surface area contributed by atoms with Crippen molar-refractivity contribution in [2.45, 2.75) is 0 Å². The van der Waals surface area contributed by atoms with E-state index in [0.717, 1.165) is 5.39 Å². The fourth-order valence-corrected chi connectivity index (χ4v) is 2.60. The molecule has 6 N–H and O–H groups in total. The van der Waals surface area contributed by atoms with Crippen LogP contribution in [0.3, 0.4) is 0 Å². The molecule has 2 aromatic heterocycles. The highest BCUT2D eigenvalue weighted by Crippen LogP contribution is 2.24. The van der Waals surface area contributed by atoms with Gasteiger partial charge in [0.05, 0.1) is 36.2 Å². The first-order valence-corrected chi connectivity index (χ1v) is 7.80. The summed E-state index contributed by atoms with van der Waals surface area (Å²) in [7, 11) is 1.32. The molecule has 134 valence electrons. The van der Waals surface area contributed by atoms with Crippen LogP contribution < -0.4 is 11.1 Å². The normalized spacial score (nSPS) is 10.7. The molecular formula is C17H18N6O3. The van der Waals surface area contributed by atoms with E-state index in [1.807, 2.05) is 0 Å². The first kappa shape index (κ1) is 17.4. The number of nitrogen functional groups attached to an aromatic ring is 1. The van der Waals surface area contributed by atoms with Crippen molar-refractivity contribution in [3.05, 3.63) is 47.4 Å². The summed E-state index contributed by atoms with van der Waals surface area (Å²) in [6.45, 7) is 0.186. The van der Waals surface area contributed by atoms with Gasteiger partial charge in [0.25, 0.3) is 0 Å². The number of nitrogens with one attached hydrogen (secondary N) is 3. The van der Waals surface area contributed by atoms with Gasteiger partial charge in [0.1, 0.15) is 18.0 Å². The van der Waals surface area contributed by atoms with Gasteiger partial charge >= 0.3 is 5.97 Å². The minimum absolute atomic E-state index is 0.0840. The Bertz CT molecular complexity index is 982. The van der Waals surface area contributed by atoms with Gasteiger partial charge in [-0.05, 0) is 18.2 Å². The average Bonchev–Trinajstić information content (AvgIpc) is 3.08. The number of nitrogens with zero attached hydrogens (tertiary/aromatic N) is 2. The van der Waals surface area contributed by atoms with E-state index >= 15 is 0 Å². The number of methoxy groups -OCH3 is 1. The van der Waals surface area contributed by atoms with E-state index in [1.165, 1.54) is 13.4 Å². The third kappa shape index (κ3) is 3.20. The molecular weight excluding hydrogens is 336 g/mol. The number of aliphatic hydroxyl groups excluding tert-OH is 1. The number of benzene rings is 1. The second kappa shape index (κ2) is 7.19. The molecule has 26 heavy (non-hydrogen) atoms. The fourth-order valence-electron chi connectivity index (χ4n) is 2.60. The highest BCUT2D eigenvalue weighted by Gasteiger charge is 2.18. The monoisotopic (exact) mass is 354 g/mol. The molecule has 0 aliphatic carbocycles. The van der Waals surface area contributed by atoms with E-state index < -0.39 is 5.97 Å². The quantitative estimate of drug-likeness (QED) is 0.329. The second-order valence-electron chi connectivity index (χ2n) is 5.48. The maximum Gasteiger partial charge on any atom is 0.337 e. The highest BCUT2D eigenvalue weighted by molar-refractivity contribution is 6.16. The number of nitrogens with two attached hydrogens (primary N) is 1. The van der Waals surface area contributed by atoms with Crippen molar-refractivity contribution in [2.24, 2.45) is 0 Å². The van der Waals surface area contributed by atoms with Gasteiger partial charge in [-0.2, -0.15) is 0 Å². The number of aliphatic hydroxyl groups is 1. The second-order valence-corrected chi connectivity index (χ2v) is 5.48. The summed E-state index contributed by atoms with van der Waals surface area (Å²) in [5, 5.41) is 21.3. The molecule has 0 saturated carbocycles. The Kier molecular flexibility index (Phi) is 4.81. The summed E-state index contributed by atoms with van der Waals surface area (Å²) < 4.78 is 4.72. The zero-order chi connectivity index (χ0) is 18.7. The molecule has 1 aromatic carbocycles.